The van der Waals surface area contributed by atoms with E-state index in [2.05, 4.69) is 37.2 Å². The molecule has 10 atom stereocenters. The number of carboxylic acid groups (broad SMARTS) is 1. The number of amides is 7. The van der Waals surface area contributed by atoms with Crippen LogP contribution in [-0.4, -0.2) is 135 Å². The first-order chi connectivity index (χ1) is 37.9. The van der Waals surface area contributed by atoms with Crippen LogP contribution in [0.5, 0.6) is 5.75 Å². The van der Waals surface area contributed by atoms with Crippen LogP contribution >= 0.6 is 21.6 Å². The summed E-state index contributed by atoms with van der Waals surface area (Å²) in [6.45, 7) is 3.20. The Kier molecular flexibility index (Phi) is 23.1. The molecule has 420 valence electrons. The Balaban J connectivity index is 1.42. The molecule has 5 aromatic rings. The maximum absolute atomic E-state index is 15.1. The molecule has 0 aliphatic carbocycles. The highest BCUT2D eigenvalue weighted by Gasteiger charge is 2.38. The van der Waals surface area contributed by atoms with Crippen LogP contribution in [0.15, 0.2) is 127 Å². The molecule has 1 fully saturated rings. The minimum Gasteiger partial charge on any atom is -0.508 e. The van der Waals surface area contributed by atoms with Crippen molar-refractivity contribution in [1.82, 2.24) is 37.2 Å². The number of phenolic OH excluding ortho intramolecular Hbond substituents is 1. The van der Waals surface area contributed by atoms with E-state index in [9.17, 15) is 44.1 Å². The number of benzene rings is 5. The zero-order valence-corrected chi connectivity index (χ0v) is 45.5. The van der Waals surface area contributed by atoms with E-state index in [-0.39, 0.29) is 49.5 Å². The molecule has 5 aromatic carbocycles. The van der Waals surface area contributed by atoms with Crippen LogP contribution in [0.3, 0.4) is 0 Å². The number of rotatable bonds is 14. The van der Waals surface area contributed by atoms with Crippen molar-refractivity contribution < 1.29 is 53.7 Å². The average Bonchev–Trinajstić information content (AvgIpc) is 3.44. The van der Waals surface area contributed by atoms with Gasteiger partial charge in [0.2, 0.25) is 41.4 Å². The molecule has 0 saturated carbocycles. The number of hydrogen-bond acceptors (Lipinski definition) is 14. The van der Waals surface area contributed by atoms with Crippen LogP contribution in [0.1, 0.15) is 61.3 Å². The quantitative estimate of drug-likeness (QED) is 0.0560. The standard InChI is InChI=1S/C57H69N9O11S2/c1-33(39-23-22-38-17-9-10-18-40(38)30-39)48-55(74)60-43(19-11-12-26-58)51(70)66-49(34(2)67)56(75)63-45(28-36-15-7-4-8-16-36)53(72)64-47(57(76)77)32-79-78-31-42(59)50(69)61-44(27-35-13-5-3-6-14-35)52(71)62-46(54(73)65-48)29-37-20-24-41(68)25-21-37/h3-10,13-18,20-25,30,33-34,42-49,67-68H,11-12,19,26-29,31-32,58-59H2,1-2H3,(H,60,74)(H,61,69)(H,62,71)(H,63,75)(H,64,72)(H,65,73)(H,66,70)(H,76,77)/t33-,34-,42+,43+,44+,45+,46+,47+,48-,49+/m1/s1. The molecule has 79 heavy (non-hydrogen) atoms. The number of aliphatic hydroxyl groups is 1. The first kappa shape index (κ1) is 60.7. The fraction of sp³-hybridized carbons (Fsp3) is 0.368. The molecule has 7 amide bonds. The van der Waals surface area contributed by atoms with Crippen molar-refractivity contribution >= 4 is 79.7 Å². The van der Waals surface area contributed by atoms with Gasteiger partial charge in [0, 0.05) is 36.7 Å². The predicted octanol–water partition coefficient (Wildman–Crippen LogP) is 2.09. The van der Waals surface area contributed by atoms with E-state index < -0.39 is 108 Å². The van der Waals surface area contributed by atoms with Crippen LogP contribution in [0, 0.1) is 0 Å². The number of fused-ring (bicyclic) bond motifs is 1. The maximum atomic E-state index is 15.1. The number of aromatic hydroxyl groups is 1. The van der Waals surface area contributed by atoms with Gasteiger partial charge in [0.25, 0.3) is 0 Å². The fourth-order valence-electron chi connectivity index (χ4n) is 8.81. The molecule has 0 unspecified atom stereocenters. The predicted molar refractivity (Wildman–Crippen MR) is 303 cm³/mol. The molecule has 0 radical (unpaired) electrons. The van der Waals surface area contributed by atoms with Gasteiger partial charge >= 0.3 is 5.97 Å². The van der Waals surface area contributed by atoms with Crippen molar-refractivity contribution in [1.29, 1.82) is 0 Å². The number of carbonyl (C=O) groups is 8. The van der Waals surface area contributed by atoms with Gasteiger partial charge in [-0.3, -0.25) is 33.6 Å². The molecule has 0 spiro atoms. The molecule has 22 heteroatoms. The highest BCUT2D eigenvalue weighted by Crippen LogP contribution is 2.26. The second-order valence-corrected chi connectivity index (χ2v) is 22.0. The number of aliphatic carboxylic acids is 1. The Bertz CT molecular complexity index is 2890. The molecule has 20 nitrogen and oxygen atoms in total. The van der Waals surface area contributed by atoms with E-state index in [1.54, 1.807) is 85.8 Å². The Morgan fingerprint density at radius 2 is 1.01 bits per heavy atom. The van der Waals surface area contributed by atoms with Crippen molar-refractivity contribution in [2.24, 2.45) is 11.5 Å². The maximum Gasteiger partial charge on any atom is 0.327 e. The molecular formula is C57H69N9O11S2. The second-order valence-electron chi connectivity index (χ2n) is 19.5. The highest BCUT2D eigenvalue weighted by atomic mass is 33.1. The van der Waals surface area contributed by atoms with E-state index >= 15 is 9.59 Å². The summed E-state index contributed by atoms with van der Waals surface area (Å²) in [5.74, 6) is -8.54. The topological polar surface area (TPSA) is 333 Å². The zero-order valence-electron chi connectivity index (χ0n) is 43.8. The van der Waals surface area contributed by atoms with Gasteiger partial charge in [-0.05, 0) is 77.9 Å². The normalized spacial score (nSPS) is 23.6. The first-order valence-electron chi connectivity index (χ1n) is 26.0. The smallest absolute Gasteiger partial charge is 0.327 e. The van der Waals surface area contributed by atoms with Crippen molar-refractivity contribution in [2.45, 2.75) is 113 Å². The largest absolute Gasteiger partial charge is 0.508 e. The van der Waals surface area contributed by atoms with Crippen molar-refractivity contribution in [3.63, 3.8) is 0 Å². The summed E-state index contributed by atoms with van der Waals surface area (Å²) in [5.41, 5.74) is 14.6. The molecule has 0 aromatic heterocycles. The Labute approximate surface area is 466 Å². The number of nitrogens with one attached hydrogen (secondary N) is 7. The SMILES string of the molecule is C[C@H](c1ccc2ccccc2c1)[C@H]1NC(=O)[C@H](Cc2ccc(O)cc2)NC(=O)[C@H](Cc2ccccc2)NC(=O)[C@@H](N)CSSC[C@@H](C(=O)O)NC(=O)[C@H](Cc2ccccc2)NC(=O)[C@H]([C@@H](C)O)NC(=O)[C@H](CCCCN)NC1=O. The lowest BCUT2D eigenvalue weighted by molar-refractivity contribution is -0.141. The van der Waals surface area contributed by atoms with E-state index in [1.807, 2.05) is 36.4 Å². The van der Waals surface area contributed by atoms with Crippen LogP contribution < -0.4 is 48.7 Å². The molecule has 1 aliphatic heterocycles. The molecule has 1 aliphatic rings. The van der Waals surface area contributed by atoms with Gasteiger partial charge in [0.05, 0.1) is 12.1 Å². The van der Waals surface area contributed by atoms with E-state index in [4.69, 9.17) is 11.5 Å². The minimum absolute atomic E-state index is 0.0163. The highest BCUT2D eigenvalue weighted by molar-refractivity contribution is 8.76. The van der Waals surface area contributed by atoms with Crippen LogP contribution in [0.25, 0.3) is 10.8 Å². The van der Waals surface area contributed by atoms with Gasteiger partial charge in [0.15, 0.2) is 0 Å². The summed E-state index contributed by atoms with van der Waals surface area (Å²) in [4.78, 5) is 114. The van der Waals surface area contributed by atoms with Gasteiger partial charge in [-0.2, -0.15) is 0 Å². The molecule has 0 bridgehead atoms. The minimum atomic E-state index is -1.71. The lowest BCUT2D eigenvalue weighted by atomic mass is 9.90. The van der Waals surface area contributed by atoms with Crippen LogP contribution in [0.2, 0.25) is 0 Å². The summed E-state index contributed by atoms with van der Waals surface area (Å²) in [5, 5.41) is 52.0. The van der Waals surface area contributed by atoms with Gasteiger partial charge in [-0.1, -0.05) is 144 Å². The molecule has 1 saturated heterocycles. The summed E-state index contributed by atoms with van der Waals surface area (Å²) >= 11 is 0. The van der Waals surface area contributed by atoms with Crippen LogP contribution in [-0.2, 0) is 57.6 Å². The third kappa shape index (κ3) is 18.3. The second kappa shape index (κ2) is 30.0. The first-order valence-corrected chi connectivity index (χ1v) is 28.5. The Morgan fingerprint density at radius 1 is 0.544 bits per heavy atom. The number of phenols is 1. The fourth-order valence-corrected chi connectivity index (χ4v) is 11.1. The van der Waals surface area contributed by atoms with Gasteiger partial charge in [-0.15, -0.1) is 0 Å². The van der Waals surface area contributed by atoms with Crippen molar-refractivity contribution in [3.05, 3.63) is 150 Å². The summed E-state index contributed by atoms with van der Waals surface area (Å²) in [7, 11) is 2.04. The summed E-state index contributed by atoms with van der Waals surface area (Å²) in [6.07, 6.45) is -1.18. The van der Waals surface area contributed by atoms with Gasteiger partial charge < -0.3 is 64.0 Å². The Morgan fingerprint density at radius 3 is 1.59 bits per heavy atom. The number of carboxylic acids is 1. The number of nitrogens with two attached hydrogens (primary N) is 2. The number of aliphatic hydroxyl groups excluding tert-OH is 1. The lowest BCUT2D eigenvalue weighted by Gasteiger charge is -2.31. The van der Waals surface area contributed by atoms with E-state index in [1.165, 1.54) is 19.1 Å². The number of carbonyl (C=O) groups excluding carboxylic acids is 7. The molecule has 6 rings (SSSR count). The molecule has 14 N–H and O–H groups in total. The van der Waals surface area contributed by atoms with Gasteiger partial charge in [0.1, 0.15) is 48.0 Å². The lowest BCUT2D eigenvalue weighted by Crippen LogP contribution is -2.62. The third-order valence-electron chi connectivity index (χ3n) is 13.4. The van der Waals surface area contributed by atoms with Gasteiger partial charge in [-0.25, -0.2) is 4.79 Å². The van der Waals surface area contributed by atoms with Crippen molar-refractivity contribution in [3.8, 4) is 5.75 Å². The summed E-state index contributed by atoms with van der Waals surface area (Å²) < 4.78 is 0. The van der Waals surface area contributed by atoms with E-state index in [0.29, 0.717) is 35.1 Å². The van der Waals surface area contributed by atoms with Crippen LogP contribution in [0.4, 0.5) is 0 Å². The zero-order chi connectivity index (χ0) is 57.0. The third-order valence-corrected chi connectivity index (χ3v) is 15.8. The average molecular weight is 1120 g/mol. The molecule has 1 heterocycles. The molecular weight excluding hydrogens is 1050 g/mol. The summed E-state index contributed by atoms with van der Waals surface area (Å²) in [6, 6.07) is 24.9. The van der Waals surface area contributed by atoms with Crippen molar-refractivity contribution in [2.75, 3.05) is 18.1 Å². The monoisotopic (exact) mass is 1120 g/mol. The Hall–Kier alpha value is -7.50. The van der Waals surface area contributed by atoms with E-state index in [0.717, 1.165) is 32.4 Å². The number of hydrogen-bond donors (Lipinski definition) is 12. The number of unbranched alkanes of at least 4 members (excludes halogenated alkanes) is 1.